The molecule has 122 valence electrons. The summed E-state index contributed by atoms with van der Waals surface area (Å²) in [5.74, 6) is 0.782. The maximum Gasteiger partial charge on any atom is 0.224 e. The second-order valence-corrected chi connectivity index (χ2v) is 5.63. The number of ether oxygens (including phenoxy) is 2. The lowest BCUT2D eigenvalue weighted by Gasteiger charge is -2.18. The van der Waals surface area contributed by atoms with Gasteiger partial charge in [0.05, 0.1) is 18.6 Å². The van der Waals surface area contributed by atoms with Crippen molar-refractivity contribution >= 4 is 5.91 Å². The molecule has 1 heterocycles. The molecule has 2 rings (SSSR count). The van der Waals surface area contributed by atoms with Crippen LogP contribution >= 0.6 is 0 Å². The second-order valence-electron chi connectivity index (χ2n) is 5.63. The summed E-state index contributed by atoms with van der Waals surface area (Å²) in [4.78, 5) is 14.3. The molecule has 0 bridgehead atoms. The molecule has 0 saturated carbocycles. The van der Waals surface area contributed by atoms with E-state index in [0.717, 1.165) is 24.4 Å². The zero-order chi connectivity index (χ0) is 15.9. The molecule has 1 aliphatic heterocycles. The van der Waals surface area contributed by atoms with Crippen LogP contribution in [-0.4, -0.2) is 63.4 Å². The first-order valence-corrected chi connectivity index (χ1v) is 7.55. The molecule has 0 aliphatic carbocycles. The van der Waals surface area contributed by atoms with Crippen molar-refractivity contribution in [2.75, 3.05) is 40.4 Å². The van der Waals surface area contributed by atoms with Crippen molar-refractivity contribution in [1.29, 1.82) is 0 Å². The highest BCUT2D eigenvalue weighted by Gasteiger charge is 2.31. The molecule has 0 radical (unpaired) electrons. The first-order valence-electron chi connectivity index (χ1n) is 7.55. The molecule has 1 fully saturated rings. The van der Waals surface area contributed by atoms with Gasteiger partial charge in [-0.3, -0.25) is 4.79 Å². The Labute approximate surface area is 131 Å². The number of hydrogen-bond donors (Lipinski definition) is 2. The fourth-order valence-electron chi connectivity index (χ4n) is 2.66. The zero-order valence-corrected chi connectivity index (χ0v) is 13.2. The van der Waals surface area contributed by atoms with Crippen molar-refractivity contribution in [3.8, 4) is 5.75 Å². The van der Waals surface area contributed by atoms with Gasteiger partial charge in [0.1, 0.15) is 12.4 Å². The molecule has 0 aromatic heterocycles. The quantitative estimate of drug-likeness (QED) is 0.742. The van der Waals surface area contributed by atoms with Crippen LogP contribution in [0, 0.1) is 0 Å². The van der Waals surface area contributed by atoms with E-state index in [0.29, 0.717) is 19.6 Å². The van der Waals surface area contributed by atoms with E-state index in [4.69, 9.17) is 15.2 Å². The van der Waals surface area contributed by atoms with Gasteiger partial charge in [-0.15, -0.1) is 0 Å². The molecule has 1 amide bonds. The van der Waals surface area contributed by atoms with Crippen LogP contribution < -0.4 is 15.8 Å². The molecule has 6 nitrogen and oxygen atoms in total. The number of nitrogens with one attached hydrogen (secondary N) is 1. The van der Waals surface area contributed by atoms with E-state index in [1.54, 1.807) is 7.11 Å². The predicted octanol–water partition coefficient (Wildman–Crippen LogP) is 0.0118. The number of nitrogens with zero attached hydrogens (tertiary/aromatic N) is 1. The molecule has 3 N–H and O–H groups in total. The Bertz CT molecular complexity index is 478. The average Bonchev–Trinajstić information content (AvgIpc) is 2.86. The van der Waals surface area contributed by atoms with Crippen LogP contribution in [0.1, 0.15) is 5.56 Å². The van der Waals surface area contributed by atoms with Crippen molar-refractivity contribution in [2.45, 2.75) is 18.6 Å². The number of amides is 1. The van der Waals surface area contributed by atoms with Crippen molar-refractivity contribution < 1.29 is 14.3 Å². The number of likely N-dealkylation sites (N-methyl/N-ethyl adjacent to an activating group) is 1. The zero-order valence-electron chi connectivity index (χ0n) is 13.2. The molecular weight excluding hydrogens is 282 g/mol. The van der Waals surface area contributed by atoms with E-state index < -0.39 is 0 Å². The lowest BCUT2D eigenvalue weighted by molar-refractivity contribution is -0.121. The van der Waals surface area contributed by atoms with Gasteiger partial charge in [-0.05, 0) is 24.7 Å². The predicted molar refractivity (Wildman–Crippen MR) is 84.9 cm³/mol. The molecule has 1 aromatic rings. The number of hydrogen-bond acceptors (Lipinski definition) is 5. The van der Waals surface area contributed by atoms with Gasteiger partial charge in [-0.25, -0.2) is 0 Å². The molecule has 1 aromatic carbocycles. The van der Waals surface area contributed by atoms with Crippen LogP contribution in [0.25, 0.3) is 0 Å². The summed E-state index contributed by atoms with van der Waals surface area (Å²) in [6.45, 7) is 2.64. The maximum atomic E-state index is 12.2. The van der Waals surface area contributed by atoms with Crippen LogP contribution in [0.4, 0.5) is 0 Å². The number of carbonyl (C=O) groups is 1. The van der Waals surface area contributed by atoms with Gasteiger partial charge >= 0.3 is 0 Å². The van der Waals surface area contributed by atoms with Gasteiger partial charge in [0.2, 0.25) is 5.91 Å². The smallest absolute Gasteiger partial charge is 0.224 e. The van der Waals surface area contributed by atoms with Gasteiger partial charge in [0.25, 0.3) is 0 Å². The van der Waals surface area contributed by atoms with Gasteiger partial charge < -0.3 is 25.4 Å². The summed E-state index contributed by atoms with van der Waals surface area (Å²) in [7, 11) is 3.71. The molecule has 6 heteroatoms. The van der Waals surface area contributed by atoms with Crippen molar-refractivity contribution in [3.05, 3.63) is 29.8 Å². The Morgan fingerprint density at radius 3 is 2.73 bits per heavy atom. The fraction of sp³-hybridized carbons (Fsp3) is 0.562. The Morgan fingerprint density at radius 2 is 2.09 bits per heavy atom. The highest BCUT2D eigenvalue weighted by Crippen LogP contribution is 2.14. The molecule has 2 atom stereocenters. The lowest BCUT2D eigenvalue weighted by atomic mass is 10.1. The first-order chi connectivity index (χ1) is 10.6. The summed E-state index contributed by atoms with van der Waals surface area (Å²) < 4.78 is 10.8. The van der Waals surface area contributed by atoms with Crippen LogP contribution in [-0.2, 0) is 16.0 Å². The number of rotatable bonds is 7. The molecule has 0 unspecified atom stereocenters. The van der Waals surface area contributed by atoms with Crippen molar-refractivity contribution in [2.24, 2.45) is 5.73 Å². The van der Waals surface area contributed by atoms with E-state index in [1.807, 2.05) is 31.3 Å². The van der Waals surface area contributed by atoms with E-state index in [9.17, 15) is 4.79 Å². The maximum absolute atomic E-state index is 12.2. The van der Waals surface area contributed by atoms with Crippen LogP contribution in [0.5, 0.6) is 5.75 Å². The Hall–Kier alpha value is -1.63. The second kappa shape index (κ2) is 8.12. The molecule has 1 aliphatic rings. The number of carbonyl (C=O) groups excluding carboxylic acids is 1. The summed E-state index contributed by atoms with van der Waals surface area (Å²) in [6.07, 6.45) is 0.411. The third-order valence-electron chi connectivity index (χ3n) is 3.77. The highest BCUT2D eigenvalue weighted by molar-refractivity contribution is 5.79. The standard InChI is InChI=1S/C16H25N3O3/c1-19-10-14(15(11-19)21-2)18-16(20)9-12-3-5-13(6-4-12)22-8-7-17/h3-6,14-15H,7-11,17H2,1-2H3,(H,18,20)/t14-,15-/m0/s1. The fourth-order valence-corrected chi connectivity index (χ4v) is 2.66. The minimum Gasteiger partial charge on any atom is -0.492 e. The van der Waals surface area contributed by atoms with E-state index >= 15 is 0 Å². The number of nitrogens with two attached hydrogens (primary N) is 1. The number of benzene rings is 1. The van der Waals surface area contributed by atoms with Gasteiger partial charge in [-0.2, -0.15) is 0 Å². The van der Waals surface area contributed by atoms with Crippen LogP contribution in [0.3, 0.4) is 0 Å². The van der Waals surface area contributed by atoms with Crippen LogP contribution in [0.15, 0.2) is 24.3 Å². The lowest BCUT2D eigenvalue weighted by Crippen LogP contribution is -2.44. The van der Waals surface area contributed by atoms with Crippen molar-refractivity contribution in [3.63, 3.8) is 0 Å². The Kier molecular flexibility index (Phi) is 6.18. The molecule has 1 saturated heterocycles. The molecular formula is C16H25N3O3. The Balaban J connectivity index is 1.84. The summed E-state index contributed by atoms with van der Waals surface area (Å²) in [6, 6.07) is 7.58. The van der Waals surface area contributed by atoms with Gasteiger partial charge in [0.15, 0.2) is 0 Å². The molecule has 22 heavy (non-hydrogen) atoms. The average molecular weight is 307 g/mol. The Morgan fingerprint density at radius 1 is 1.36 bits per heavy atom. The SMILES string of the molecule is CO[C@H]1CN(C)C[C@@H]1NC(=O)Cc1ccc(OCCN)cc1. The highest BCUT2D eigenvalue weighted by atomic mass is 16.5. The van der Waals surface area contributed by atoms with Gasteiger partial charge in [-0.1, -0.05) is 12.1 Å². The van der Waals surface area contributed by atoms with Crippen LogP contribution in [0.2, 0.25) is 0 Å². The van der Waals surface area contributed by atoms with E-state index in [1.165, 1.54) is 0 Å². The normalized spacial score (nSPS) is 21.8. The largest absolute Gasteiger partial charge is 0.492 e. The third kappa shape index (κ3) is 4.69. The first kappa shape index (κ1) is 16.7. The van der Waals surface area contributed by atoms with Crippen molar-refractivity contribution in [1.82, 2.24) is 10.2 Å². The number of likely N-dealkylation sites (tertiary alicyclic amines) is 1. The van der Waals surface area contributed by atoms with Gasteiger partial charge in [0, 0.05) is 26.7 Å². The topological polar surface area (TPSA) is 76.8 Å². The number of methoxy groups -OCH3 is 1. The minimum absolute atomic E-state index is 0.0120. The summed E-state index contributed by atoms with van der Waals surface area (Å²) >= 11 is 0. The molecule has 0 spiro atoms. The van der Waals surface area contributed by atoms with E-state index in [2.05, 4.69) is 10.2 Å². The van der Waals surface area contributed by atoms with E-state index in [-0.39, 0.29) is 18.1 Å². The summed E-state index contributed by atoms with van der Waals surface area (Å²) in [5.41, 5.74) is 6.35. The summed E-state index contributed by atoms with van der Waals surface area (Å²) in [5, 5.41) is 3.05. The monoisotopic (exact) mass is 307 g/mol. The minimum atomic E-state index is 0.0120. The third-order valence-corrected chi connectivity index (χ3v) is 3.77.